The molecule has 5 atom stereocenters. The van der Waals surface area contributed by atoms with E-state index in [2.05, 4.69) is 17.6 Å². The SMILES string of the molecule is CCCCCCCCNC(=O)CNC(=O)[C@H]1O[C@@H]2OC(C)(C)O[C@@H]2[C@H]2OC(C)(C)O[C@H]21. The molecular weight excluding hydrogens is 404 g/mol. The van der Waals surface area contributed by atoms with E-state index in [1.54, 1.807) is 27.7 Å². The lowest BCUT2D eigenvalue weighted by Gasteiger charge is -2.36. The lowest BCUT2D eigenvalue weighted by atomic mass is 9.98. The van der Waals surface area contributed by atoms with Gasteiger partial charge in [0.25, 0.3) is 5.91 Å². The third-order valence-electron chi connectivity index (χ3n) is 5.69. The van der Waals surface area contributed by atoms with E-state index in [4.69, 9.17) is 23.7 Å². The third-order valence-corrected chi connectivity index (χ3v) is 5.69. The molecule has 0 bridgehead atoms. The molecule has 31 heavy (non-hydrogen) atoms. The van der Waals surface area contributed by atoms with Gasteiger partial charge in [-0.3, -0.25) is 9.59 Å². The first-order valence-electron chi connectivity index (χ1n) is 11.5. The molecule has 2 amide bonds. The molecule has 2 N–H and O–H groups in total. The number of hydrogen-bond donors (Lipinski definition) is 2. The highest BCUT2D eigenvalue weighted by Gasteiger charge is 2.62. The summed E-state index contributed by atoms with van der Waals surface area (Å²) in [5.74, 6) is -2.38. The molecule has 0 unspecified atom stereocenters. The third kappa shape index (κ3) is 6.38. The van der Waals surface area contributed by atoms with Crippen LogP contribution >= 0.6 is 0 Å². The van der Waals surface area contributed by atoms with Gasteiger partial charge in [-0.1, -0.05) is 39.0 Å². The van der Waals surface area contributed by atoms with Gasteiger partial charge in [0.1, 0.15) is 18.3 Å². The summed E-state index contributed by atoms with van der Waals surface area (Å²) >= 11 is 0. The number of fused-ring (bicyclic) bond motifs is 3. The lowest BCUT2D eigenvalue weighted by Crippen LogP contribution is -2.60. The van der Waals surface area contributed by atoms with Gasteiger partial charge in [0, 0.05) is 6.54 Å². The molecule has 3 rings (SSSR count). The van der Waals surface area contributed by atoms with Gasteiger partial charge in [0.2, 0.25) is 5.91 Å². The second-order valence-electron chi connectivity index (χ2n) is 9.43. The maximum absolute atomic E-state index is 12.8. The van der Waals surface area contributed by atoms with Crippen molar-refractivity contribution in [3.8, 4) is 0 Å². The van der Waals surface area contributed by atoms with Crippen molar-refractivity contribution in [1.29, 1.82) is 0 Å². The highest BCUT2D eigenvalue weighted by atomic mass is 16.9. The first-order valence-corrected chi connectivity index (χ1v) is 11.5. The van der Waals surface area contributed by atoms with Gasteiger partial charge >= 0.3 is 0 Å². The molecule has 0 saturated carbocycles. The van der Waals surface area contributed by atoms with Crippen molar-refractivity contribution in [3.63, 3.8) is 0 Å². The van der Waals surface area contributed by atoms with E-state index in [1.165, 1.54) is 25.7 Å². The number of unbranched alkanes of at least 4 members (excludes halogenated alkanes) is 5. The minimum atomic E-state index is -0.961. The van der Waals surface area contributed by atoms with Crippen LogP contribution in [0.2, 0.25) is 0 Å². The van der Waals surface area contributed by atoms with E-state index in [0.717, 1.165) is 12.8 Å². The summed E-state index contributed by atoms with van der Waals surface area (Å²) in [5.41, 5.74) is 0. The second kappa shape index (κ2) is 10.1. The summed E-state index contributed by atoms with van der Waals surface area (Å²) in [6.45, 7) is 9.82. The zero-order valence-electron chi connectivity index (χ0n) is 19.4. The molecule has 0 aromatic heterocycles. The fourth-order valence-corrected chi connectivity index (χ4v) is 4.29. The lowest BCUT2D eigenvalue weighted by molar-refractivity contribution is -0.231. The Morgan fingerprint density at radius 3 is 2.13 bits per heavy atom. The summed E-state index contributed by atoms with van der Waals surface area (Å²) in [6, 6.07) is 0. The Morgan fingerprint density at radius 1 is 0.774 bits per heavy atom. The Balaban J connectivity index is 1.46. The highest BCUT2D eigenvalue weighted by molar-refractivity contribution is 5.87. The van der Waals surface area contributed by atoms with Crippen LogP contribution in [-0.4, -0.2) is 67.2 Å². The van der Waals surface area contributed by atoms with E-state index >= 15 is 0 Å². The Kier molecular flexibility index (Phi) is 7.96. The van der Waals surface area contributed by atoms with Gasteiger partial charge in [-0.2, -0.15) is 0 Å². The van der Waals surface area contributed by atoms with Gasteiger partial charge in [-0.15, -0.1) is 0 Å². The minimum absolute atomic E-state index is 0.118. The molecule has 3 aliphatic heterocycles. The average molecular weight is 443 g/mol. The molecule has 3 heterocycles. The van der Waals surface area contributed by atoms with Gasteiger partial charge in [0.05, 0.1) is 6.54 Å². The number of nitrogens with one attached hydrogen (secondary N) is 2. The van der Waals surface area contributed by atoms with E-state index in [1.807, 2.05) is 0 Å². The van der Waals surface area contributed by atoms with Crippen LogP contribution in [0, 0.1) is 0 Å². The number of carbonyl (C=O) groups excluding carboxylic acids is 2. The predicted octanol–water partition coefficient (Wildman–Crippen LogP) is 1.98. The average Bonchev–Trinajstić information content (AvgIpc) is 3.18. The van der Waals surface area contributed by atoms with Crippen molar-refractivity contribution in [2.45, 2.75) is 115 Å². The molecule has 0 spiro atoms. The molecule has 3 fully saturated rings. The first kappa shape index (κ1) is 24.4. The number of ether oxygens (including phenoxy) is 5. The van der Waals surface area contributed by atoms with Crippen molar-refractivity contribution in [3.05, 3.63) is 0 Å². The van der Waals surface area contributed by atoms with E-state index in [0.29, 0.717) is 6.54 Å². The molecule has 3 aliphatic rings. The molecule has 9 nitrogen and oxygen atoms in total. The maximum Gasteiger partial charge on any atom is 0.252 e. The van der Waals surface area contributed by atoms with Crippen LogP contribution in [0.5, 0.6) is 0 Å². The van der Waals surface area contributed by atoms with Gasteiger partial charge in [-0.25, -0.2) is 0 Å². The van der Waals surface area contributed by atoms with Crippen LogP contribution in [0.1, 0.15) is 73.1 Å². The van der Waals surface area contributed by atoms with Crippen molar-refractivity contribution >= 4 is 11.8 Å². The maximum atomic E-state index is 12.8. The summed E-state index contributed by atoms with van der Waals surface area (Å²) in [6.07, 6.45) is 3.57. The standard InChI is InChI=1S/C22H38N2O7/c1-6-7-8-9-10-11-12-23-14(25)13-24-19(26)17-15-16(29-21(2,3)28-15)18-20(27-17)31-22(4,5)30-18/h15-18,20H,6-13H2,1-5H3,(H,23,25)(H,24,26)/t15-,16+,17+,18-,20-/m1/s1. The summed E-state index contributed by atoms with van der Waals surface area (Å²) in [5, 5.41) is 5.50. The van der Waals surface area contributed by atoms with Crippen LogP contribution in [0.15, 0.2) is 0 Å². The topological polar surface area (TPSA) is 104 Å². The molecule has 3 saturated heterocycles. The molecule has 9 heteroatoms. The molecule has 0 aliphatic carbocycles. The largest absolute Gasteiger partial charge is 0.355 e. The van der Waals surface area contributed by atoms with E-state index in [9.17, 15) is 9.59 Å². The van der Waals surface area contributed by atoms with Crippen LogP contribution in [-0.2, 0) is 33.3 Å². The Hall–Kier alpha value is -1.26. The van der Waals surface area contributed by atoms with Crippen LogP contribution < -0.4 is 10.6 Å². The number of carbonyl (C=O) groups is 2. The molecule has 178 valence electrons. The molecule has 0 aromatic carbocycles. The number of hydrogen-bond acceptors (Lipinski definition) is 7. The fraction of sp³-hybridized carbons (Fsp3) is 0.909. The number of rotatable bonds is 10. The van der Waals surface area contributed by atoms with Crippen molar-refractivity contribution < 1.29 is 33.3 Å². The smallest absolute Gasteiger partial charge is 0.252 e. The van der Waals surface area contributed by atoms with Crippen molar-refractivity contribution in [1.82, 2.24) is 10.6 Å². The highest BCUT2D eigenvalue weighted by Crippen LogP contribution is 2.44. The van der Waals surface area contributed by atoms with Gasteiger partial charge in [-0.05, 0) is 34.1 Å². The van der Waals surface area contributed by atoms with Gasteiger partial charge < -0.3 is 34.3 Å². The van der Waals surface area contributed by atoms with Crippen molar-refractivity contribution in [2.75, 3.05) is 13.1 Å². The molecule has 0 aromatic rings. The quantitative estimate of drug-likeness (QED) is 0.499. The summed E-state index contributed by atoms with van der Waals surface area (Å²) in [7, 11) is 0. The van der Waals surface area contributed by atoms with E-state index in [-0.39, 0.29) is 12.5 Å². The fourth-order valence-electron chi connectivity index (χ4n) is 4.29. The van der Waals surface area contributed by atoms with E-state index < -0.39 is 48.2 Å². The van der Waals surface area contributed by atoms with Crippen LogP contribution in [0.4, 0.5) is 0 Å². The second-order valence-corrected chi connectivity index (χ2v) is 9.43. The Bertz CT molecular complexity index is 639. The predicted molar refractivity (Wildman–Crippen MR) is 112 cm³/mol. The van der Waals surface area contributed by atoms with Crippen LogP contribution in [0.25, 0.3) is 0 Å². The normalized spacial score (nSPS) is 32.9. The molecular formula is C22H38N2O7. The summed E-state index contributed by atoms with van der Waals surface area (Å²) < 4.78 is 29.6. The molecule has 0 radical (unpaired) electrons. The summed E-state index contributed by atoms with van der Waals surface area (Å²) in [4.78, 5) is 24.9. The monoisotopic (exact) mass is 442 g/mol. The zero-order valence-corrected chi connectivity index (χ0v) is 19.4. The van der Waals surface area contributed by atoms with Crippen molar-refractivity contribution in [2.24, 2.45) is 0 Å². The number of amides is 2. The Labute approximate surface area is 184 Å². The van der Waals surface area contributed by atoms with Crippen LogP contribution in [0.3, 0.4) is 0 Å². The Morgan fingerprint density at radius 2 is 1.39 bits per heavy atom. The zero-order chi connectivity index (χ0) is 22.6. The van der Waals surface area contributed by atoms with Gasteiger partial charge in [0.15, 0.2) is 24.0 Å². The first-order chi connectivity index (χ1) is 14.6. The minimum Gasteiger partial charge on any atom is -0.355 e.